The Balaban J connectivity index is 1.74. The van der Waals surface area contributed by atoms with E-state index in [4.69, 9.17) is 14.2 Å². The molecule has 1 aromatic rings. The molecule has 10 nitrogen and oxygen atoms in total. The lowest BCUT2D eigenvalue weighted by Crippen LogP contribution is -2.40. The van der Waals surface area contributed by atoms with Crippen LogP contribution in [0, 0.1) is 0 Å². The molecule has 1 aliphatic rings. The van der Waals surface area contributed by atoms with Crippen LogP contribution in [0.5, 0.6) is 0 Å². The fraction of sp³-hybridized carbons (Fsp3) is 0.882. The summed E-state index contributed by atoms with van der Waals surface area (Å²) >= 11 is 0. The van der Waals surface area contributed by atoms with Gasteiger partial charge in [-0.1, -0.05) is 5.21 Å². The van der Waals surface area contributed by atoms with E-state index in [2.05, 4.69) is 15.6 Å². The number of rotatable bonds is 14. The zero-order chi connectivity index (χ0) is 22.7. The Hall–Kier alpha value is -1.32. The van der Waals surface area contributed by atoms with Gasteiger partial charge in [-0.05, 0) is 7.05 Å². The molecule has 1 aliphatic heterocycles. The SMILES string of the molecule is CNCCOCCOCCOCCn1nnc(CN2CCS(=O)(=O)CC2)c1C(F)(F)F. The van der Waals surface area contributed by atoms with Gasteiger partial charge in [0, 0.05) is 26.2 Å². The van der Waals surface area contributed by atoms with Gasteiger partial charge in [0.2, 0.25) is 0 Å². The normalized spacial score (nSPS) is 17.3. The Labute approximate surface area is 179 Å². The van der Waals surface area contributed by atoms with Crippen molar-refractivity contribution in [2.75, 3.05) is 77.8 Å². The number of hydrogen-bond donors (Lipinski definition) is 1. The van der Waals surface area contributed by atoms with Gasteiger partial charge < -0.3 is 19.5 Å². The number of likely N-dealkylation sites (N-methyl/N-ethyl adjacent to an activating group) is 1. The highest BCUT2D eigenvalue weighted by Crippen LogP contribution is 2.31. The van der Waals surface area contributed by atoms with Crippen LogP contribution in [0.3, 0.4) is 0 Å². The van der Waals surface area contributed by atoms with Crippen LogP contribution in [0.15, 0.2) is 0 Å². The molecule has 1 fully saturated rings. The number of hydrogen-bond acceptors (Lipinski definition) is 9. The maximum atomic E-state index is 13.6. The molecule has 1 N–H and O–H groups in total. The van der Waals surface area contributed by atoms with Crippen molar-refractivity contribution in [1.82, 2.24) is 25.2 Å². The summed E-state index contributed by atoms with van der Waals surface area (Å²) in [5.74, 6) is -0.138. The fourth-order valence-corrected chi connectivity index (χ4v) is 4.19. The Kier molecular flexibility index (Phi) is 10.6. The molecule has 180 valence electrons. The third-order valence-corrected chi connectivity index (χ3v) is 6.18. The smallest absolute Gasteiger partial charge is 0.378 e. The molecule has 31 heavy (non-hydrogen) atoms. The summed E-state index contributed by atoms with van der Waals surface area (Å²) in [5, 5.41) is 10.3. The summed E-state index contributed by atoms with van der Waals surface area (Å²) < 4.78 is 80.4. The highest BCUT2D eigenvalue weighted by Gasteiger charge is 2.39. The number of nitrogens with one attached hydrogen (secondary N) is 1. The summed E-state index contributed by atoms with van der Waals surface area (Å²) in [6, 6.07) is 0. The number of sulfone groups is 1. The van der Waals surface area contributed by atoms with Gasteiger partial charge in [0.1, 0.15) is 5.69 Å². The lowest BCUT2D eigenvalue weighted by Gasteiger charge is -2.26. The molecule has 1 saturated heterocycles. The number of halogens is 3. The first-order valence-corrected chi connectivity index (χ1v) is 11.9. The van der Waals surface area contributed by atoms with Gasteiger partial charge in [-0.2, -0.15) is 13.2 Å². The molecular formula is C17H30F3N5O5S. The second-order valence-electron chi connectivity index (χ2n) is 6.97. The first-order valence-electron chi connectivity index (χ1n) is 10.0. The van der Waals surface area contributed by atoms with Crippen molar-refractivity contribution in [3.8, 4) is 0 Å². The lowest BCUT2D eigenvalue weighted by molar-refractivity contribution is -0.145. The Morgan fingerprint density at radius 1 is 1.00 bits per heavy atom. The van der Waals surface area contributed by atoms with Gasteiger partial charge >= 0.3 is 6.18 Å². The second-order valence-corrected chi connectivity index (χ2v) is 9.28. The van der Waals surface area contributed by atoms with Gasteiger partial charge in [-0.25, -0.2) is 13.1 Å². The van der Waals surface area contributed by atoms with Crippen LogP contribution in [0.4, 0.5) is 13.2 Å². The summed E-state index contributed by atoms with van der Waals surface area (Å²) in [6.07, 6.45) is -4.63. The molecule has 14 heteroatoms. The van der Waals surface area contributed by atoms with Crippen LogP contribution in [0.2, 0.25) is 0 Å². The molecule has 0 saturated carbocycles. The molecule has 0 amide bonds. The summed E-state index contributed by atoms with van der Waals surface area (Å²) in [6.45, 7) is 2.93. The van der Waals surface area contributed by atoms with Crippen LogP contribution in [0.25, 0.3) is 0 Å². The molecule has 1 aromatic heterocycles. The van der Waals surface area contributed by atoms with Crippen LogP contribution < -0.4 is 5.32 Å². The number of ether oxygens (including phenoxy) is 3. The van der Waals surface area contributed by atoms with Crippen molar-refractivity contribution in [1.29, 1.82) is 0 Å². The third kappa shape index (κ3) is 9.37. The van der Waals surface area contributed by atoms with E-state index < -0.39 is 21.7 Å². The maximum Gasteiger partial charge on any atom is 0.434 e. The second kappa shape index (κ2) is 12.6. The van der Waals surface area contributed by atoms with Crippen LogP contribution >= 0.6 is 0 Å². The molecule has 0 aliphatic carbocycles. The topological polar surface area (TPSA) is 108 Å². The fourth-order valence-electron chi connectivity index (χ4n) is 2.91. The third-order valence-electron chi connectivity index (χ3n) is 4.57. The molecular weight excluding hydrogens is 443 g/mol. The van der Waals surface area contributed by atoms with E-state index >= 15 is 0 Å². The van der Waals surface area contributed by atoms with E-state index in [1.165, 1.54) is 0 Å². The molecule has 0 unspecified atom stereocenters. The summed E-state index contributed by atoms with van der Waals surface area (Å²) in [4.78, 5) is 1.64. The van der Waals surface area contributed by atoms with E-state index in [1.54, 1.807) is 4.90 Å². The molecule has 0 radical (unpaired) electrons. The molecule has 2 rings (SSSR count). The average molecular weight is 474 g/mol. The van der Waals surface area contributed by atoms with Crippen molar-refractivity contribution in [3.05, 3.63) is 11.4 Å². The van der Waals surface area contributed by atoms with E-state index in [9.17, 15) is 21.6 Å². The number of aromatic nitrogens is 3. The predicted molar refractivity (Wildman–Crippen MR) is 105 cm³/mol. The predicted octanol–water partition coefficient (Wildman–Crippen LogP) is -0.203. The monoisotopic (exact) mass is 473 g/mol. The first kappa shape index (κ1) is 25.9. The Morgan fingerprint density at radius 2 is 1.58 bits per heavy atom. The van der Waals surface area contributed by atoms with Gasteiger partial charge in [-0.3, -0.25) is 4.90 Å². The highest BCUT2D eigenvalue weighted by atomic mass is 32.2. The van der Waals surface area contributed by atoms with Crippen molar-refractivity contribution in [2.24, 2.45) is 0 Å². The van der Waals surface area contributed by atoms with Crippen molar-refractivity contribution in [2.45, 2.75) is 19.3 Å². The number of alkyl halides is 3. The lowest BCUT2D eigenvalue weighted by atomic mass is 10.2. The average Bonchev–Trinajstić information content (AvgIpc) is 3.10. The molecule has 0 spiro atoms. The summed E-state index contributed by atoms with van der Waals surface area (Å²) in [7, 11) is -1.28. The van der Waals surface area contributed by atoms with E-state index in [0.29, 0.717) is 26.4 Å². The molecule has 0 bridgehead atoms. The zero-order valence-electron chi connectivity index (χ0n) is 17.6. The Morgan fingerprint density at radius 3 is 2.16 bits per heavy atom. The van der Waals surface area contributed by atoms with Crippen LogP contribution in [-0.4, -0.2) is 106 Å². The summed E-state index contributed by atoms with van der Waals surface area (Å²) in [5.41, 5.74) is -1.15. The van der Waals surface area contributed by atoms with Crippen LogP contribution in [-0.2, 0) is 43.3 Å². The van der Waals surface area contributed by atoms with Gasteiger partial charge in [0.05, 0.1) is 57.7 Å². The Bertz CT molecular complexity index is 746. The van der Waals surface area contributed by atoms with Crippen molar-refractivity contribution < 1.29 is 35.8 Å². The molecule has 2 heterocycles. The van der Waals surface area contributed by atoms with E-state index in [0.717, 1.165) is 11.2 Å². The van der Waals surface area contributed by atoms with Crippen LogP contribution in [0.1, 0.15) is 11.4 Å². The minimum atomic E-state index is -4.63. The van der Waals surface area contributed by atoms with Gasteiger partial charge in [-0.15, -0.1) is 5.10 Å². The number of nitrogens with zero attached hydrogens (tertiary/aromatic N) is 4. The van der Waals surface area contributed by atoms with Crippen molar-refractivity contribution >= 4 is 9.84 Å². The zero-order valence-corrected chi connectivity index (χ0v) is 18.4. The standard InChI is InChI=1S/C17H30F3N5O5S/c1-21-2-6-28-8-10-30-11-9-29-7-3-25-16(17(18,19)20)15(22-23-25)14-24-4-12-31(26,27)13-5-24/h21H,2-14H2,1H3. The highest BCUT2D eigenvalue weighted by molar-refractivity contribution is 7.91. The maximum absolute atomic E-state index is 13.6. The minimum absolute atomic E-state index is 0.0237. The van der Waals surface area contributed by atoms with Gasteiger partial charge in [0.15, 0.2) is 15.5 Å². The minimum Gasteiger partial charge on any atom is -0.378 e. The first-order chi connectivity index (χ1) is 14.7. The largest absolute Gasteiger partial charge is 0.434 e. The quantitative estimate of drug-likeness (QED) is 0.368. The van der Waals surface area contributed by atoms with E-state index in [1.807, 2.05) is 7.05 Å². The van der Waals surface area contributed by atoms with Gasteiger partial charge in [0.25, 0.3) is 0 Å². The molecule has 0 atom stereocenters. The van der Waals surface area contributed by atoms with E-state index in [-0.39, 0.29) is 56.6 Å². The molecule has 0 aromatic carbocycles. The van der Waals surface area contributed by atoms with Crippen molar-refractivity contribution in [3.63, 3.8) is 0 Å².